The van der Waals surface area contributed by atoms with E-state index in [-0.39, 0.29) is 5.60 Å². The first-order chi connectivity index (χ1) is 6.62. The van der Waals surface area contributed by atoms with E-state index in [1.54, 1.807) is 6.07 Å². The van der Waals surface area contributed by atoms with Gasteiger partial charge in [0.25, 0.3) is 0 Å². The summed E-state index contributed by atoms with van der Waals surface area (Å²) < 4.78 is 5.71. The number of hydrogen-bond acceptors (Lipinski definition) is 3. The highest BCUT2D eigenvalue weighted by Gasteiger charge is 2.31. The normalized spacial score (nSPS) is 16.7. The minimum atomic E-state index is -0.198. The van der Waals surface area contributed by atoms with Gasteiger partial charge in [0, 0.05) is 12.0 Å². The second kappa shape index (κ2) is 2.96. The van der Waals surface area contributed by atoms with Crippen LogP contribution in [-0.4, -0.2) is 11.7 Å². The van der Waals surface area contributed by atoms with Crippen LogP contribution in [-0.2, 0) is 11.2 Å². The largest absolute Gasteiger partial charge is 0.485 e. The summed E-state index contributed by atoms with van der Waals surface area (Å²) in [5.74, 6) is 0.723. The molecule has 72 valence electrons. The topological polar surface area (TPSA) is 38.7 Å². The molecule has 0 radical (unpaired) electrons. The van der Waals surface area contributed by atoms with Gasteiger partial charge in [-0.15, -0.1) is 0 Å². The Kier molecular flexibility index (Phi) is 1.90. The first kappa shape index (κ1) is 8.97. The van der Waals surface area contributed by atoms with Gasteiger partial charge in [0.15, 0.2) is 0 Å². The van der Waals surface area contributed by atoms with E-state index in [0.717, 1.165) is 17.7 Å². The summed E-state index contributed by atoms with van der Waals surface area (Å²) in [6, 6.07) is 5.62. The molecular formula is C11H11NO2. The molecule has 0 fully saturated rings. The van der Waals surface area contributed by atoms with Gasteiger partial charge in [-0.05, 0) is 19.9 Å². The van der Waals surface area contributed by atoms with Gasteiger partial charge in [0.05, 0.1) is 0 Å². The lowest BCUT2D eigenvalue weighted by Crippen LogP contribution is -2.24. The van der Waals surface area contributed by atoms with Crippen LogP contribution in [0.4, 0.5) is 5.69 Å². The number of nitrogens with zero attached hydrogens (tertiary/aromatic N) is 1. The first-order valence-corrected chi connectivity index (χ1v) is 4.51. The maximum absolute atomic E-state index is 10.2. The van der Waals surface area contributed by atoms with Crippen molar-refractivity contribution in [2.75, 3.05) is 0 Å². The van der Waals surface area contributed by atoms with Crippen molar-refractivity contribution in [1.82, 2.24) is 0 Å². The van der Waals surface area contributed by atoms with Gasteiger partial charge < -0.3 is 4.74 Å². The molecular weight excluding hydrogens is 178 g/mol. The fourth-order valence-electron chi connectivity index (χ4n) is 1.74. The third-order valence-electron chi connectivity index (χ3n) is 2.24. The number of aliphatic imine (C=N–C) groups is 1. The summed E-state index contributed by atoms with van der Waals surface area (Å²) >= 11 is 0. The third kappa shape index (κ3) is 1.42. The summed E-state index contributed by atoms with van der Waals surface area (Å²) in [5.41, 5.74) is 1.48. The zero-order valence-electron chi connectivity index (χ0n) is 8.20. The highest BCUT2D eigenvalue weighted by molar-refractivity contribution is 5.62. The number of ether oxygens (including phenoxy) is 1. The minimum Gasteiger partial charge on any atom is -0.485 e. The molecule has 0 N–H and O–H groups in total. The lowest BCUT2D eigenvalue weighted by Gasteiger charge is -2.17. The first-order valence-electron chi connectivity index (χ1n) is 4.51. The van der Waals surface area contributed by atoms with E-state index >= 15 is 0 Å². The van der Waals surface area contributed by atoms with Crippen molar-refractivity contribution in [3.63, 3.8) is 0 Å². The fraction of sp³-hybridized carbons (Fsp3) is 0.364. The van der Waals surface area contributed by atoms with Gasteiger partial charge in [0.1, 0.15) is 17.0 Å². The van der Waals surface area contributed by atoms with E-state index in [0.29, 0.717) is 5.69 Å². The van der Waals surface area contributed by atoms with Crippen molar-refractivity contribution in [3.05, 3.63) is 23.8 Å². The minimum absolute atomic E-state index is 0.198. The third-order valence-corrected chi connectivity index (χ3v) is 2.24. The molecule has 0 saturated carbocycles. The van der Waals surface area contributed by atoms with Crippen molar-refractivity contribution in [3.8, 4) is 5.75 Å². The highest BCUT2D eigenvalue weighted by Crippen LogP contribution is 2.41. The number of para-hydroxylation sites is 1. The Morgan fingerprint density at radius 3 is 3.00 bits per heavy atom. The molecule has 1 aromatic rings. The summed E-state index contributed by atoms with van der Waals surface area (Å²) in [4.78, 5) is 13.8. The molecule has 3 nitrogen and oxygen atoms in total. The van der Waals surface area contributed by atoms with E-state index in [9.17, 15) is 4.79 Å². The van der Waals surface area contributed by atoms with Crippen molar-refractivity contribution >= 4 is 11.8 Å². The van der Waals surface area contributed by atoms with Crippen molar-refractivity contribution in [2.24, 2.45) is 4.99 Å². The second-order valence-electron chi connectivity index (χ2n) is 4.01. The Hall–Kier alpha value is -1.60. The quantitative estimate of drug-likeness (QED) is 0.502. The summed E-state index contributed by atoms with van der Waals surface area (Å²) in [7, 11) is 0. The van der Waals surface area contributed by atoms with E-state index < -0.39 is 0 Å². The number of hydrogen-bond donors (Lipinski definition) is 0. The maximum atomic E-state index is 10.2. The van der Waals surface area contributed by atoms with Crippen molar-refractivity contribution in [2.45, 2.75) is 25.9 Å². The number of fused-ring (bicyclic) bond motifs is 1. The molecule has 0 unspecified atom stereocenters. The van der Waals surface area contributed by atoms with Crippen LogP contribution in [0.15, 0.2) is 23.2 Å². The summed E-state index contributed by atoms with van der Waals surface area (Å²) in [6.07, 6.45) is 2.39. The molecule has 0 aliphatic carbocycles. The van der Waals surface area contributed by atoms with E-state index in [1.165, 1.54) is 6.08 Å². The monoisotopic (exact) mass is 189 g/mol. The van der Waals surface area contributed by atoms with Crippen LogP contribution in [0.5, 0.6) is 5.75 Å². The number of isocyanates is 1. The molecule has 3 heteroatoms. The van der Waals surface area contributed by atoms with Crippen LogP contribution in [0.25, 0.3) is 0 Å². The van der Waals surface area contributed by atoms with Crippen LogP contribution >= 0.6 is 0 Å². The molecule has 0 saturated heterocycles. The molecule has 2 rings (SSSR count). The van der Waals surface area contributed by atoms with Gasteiger partial charge in [-0.3, -0.25) is 0 Å². The lowest BCUT2D eigenvalue weighted by molar-refractivity contribution is 0.139. The molecule has 1 aromatic carbocycles. The van der Waals surface area contributed by atoms with Gasteiger partial charge >= 0.3 is 0 Å². The predicted molar refractivity (Wildman–Crippen MR) is 52.6 cm³/mol. The summed E-state index contributed by atoms with van der Waals surface area (Å²) in [6.45, 7) is 4.03. The molecule has 0 spiro atoms. The Bertz CT molecular complexity index is 417. The van der Waals surface area contributed by atoms with Crippen LogP contribution < -0.4 is 4.74 Å². The number of carbonyl (C=O) groups excluding carboxylic acids is 1. The van der Waals surface area contributed by atoms with E-state index in [4.69, 9.17) is 4.74 Å². The Balaban J connectivity index is 2.51. The van der Waals surface area contributed by atoms with Gasteiger partial charge in [-0.1, -0.05) is 12.1 Å². The Morgan fingerprint density at radius 1 is 1.50 bits per heavy atom. The predicted octanol–water partition coefficient (Wildman–Crippen LogP) is 2.37. The standard InChI is InChI=1S/C11H11NO2/c1-11(2)6-8-4-3-5-9(12-7-13)10(8)14-11/h3-5H,6H2,1-2H3. The Labute approximate surface area is 82.4 Å². The Morgan fingerprint density at radius 2 is 2.29 bits per heavy atom. The van der Waals surface area contributed by atoms with Crippen LogP contribution in [0.2, 0.25) is 0 Å². The molecule has 0 atom stereocenters. The zero-order valence-corrected chi connectivity index (χ0v) is 8.20. The molecule has 0 amide bonds. The van der Waals surface area contributed by atoms with Crippen LogP contribution in [0.3, 0.4) is 0 Å². The molecule has 1 aliphatic rings. The molecule has 0 aromatic heterocycles. The molecule has 1 aliphatic heterocycles. The van der Waals surface area contributed by atoms with Gasteiger partial charge in [-0.25, -0.2) is 4.79 Å². The maximum Gasteiger partial charge on any atom is 0.240 e. The number of benzene rings is 1. The van der Waals surface area contributed by atoms with E-state index in [1.807, 2.05) is 26.0 Å². The SMILES string of the molecule is CC1(C)Cc2cccc(N=C=O)c2O1. The molecule has 14 heavy (non-hydrogen) atoms. The zero-order chi connectivity index (χ0) is 10.2. The fourth-order valence-corrected chi connectivity index (χ4v) is 1.74. The average Bonchev–Trinajstić information content (AvgIpc) is 2.41. The molecule has 0 bridgehead atoms. The van der Waals surface area contributed by atoms with Gasteiger partial charge in [-0.2, -0.15) is 4.99 Å². The van der Waals surface area contributed by atoms with Gasteiger partial charge in [0.2, 0.25) is 6.08 Å². The second-order valence-corrected chi connectivity index (χ2v) is 4.01. The average molecular weight is 189 g/mol. The lowest BCUT2D eigenvalue weighted by atomic mass is 10.0. The number of rotatable bonds is 1. The van der Waals surface area contributed by atoms with Crippen molar-refractivity contribution < 1.29 is 9.53 Å². The smallest absolute Gasteiger partial charge is 0.240 e. The van der Waals surface area contributed by atoms with Crippen molar-refractivity contribution in [1.29, 1.82) is 0 Å². The van der Waals surface area contributed by atoms with Crippen LogP contribution in [0, 0.1) is 0 Å². The molecule has 1 heterocycles. The summed E-state index contributed by atoms with van der Waals surface area (Å²) in [5, 5.41) is 0. The van der Waals surface area contributed by atoms with E-state index in [2.05, 4.69) is 4.99 Å². The highest BCUT2D eigenvalue weighted by atomic mass is 16.5. The van der Waals surface area contributed by atoms with Crippen LogP contribution in [0.1, 0.15) is 19.4 Å².